The lowest BCUT2D eigenvalue weighted by atomic mass is 10.0. The van der Waals surface area contributed by atoms with Crippen molar-refractivity contribution in [3.8, 4) is 21.7 Å². The van der Waals surface area contributed by atoms with Crippen molar-refractivity contribution < 1.29 is 0 Å². The van der Waals surface area contributed by atoms with Crippen LogP contribution in [0.1, 0.15) is 10.7 Å². The Morgan fingerprint density at radius 1 is 1.25 bits per heavy atom. The summed E-state index contributed by atoms with van der Waals surface area (Å²) < 4.78 is 0.994. The van der Waals surface area contributed by atoms with E-state index in [0.717, 1.165) is 36.9 Å². The number of hydrogen-bond donors (Lipinski definition) is 2. The predicted octanol–water partition coefficient (Wildman–Crippen LogP) is 4.16. The first-order valence-corrected chi connectivity index (χ1v) is 7.72. The number of aryl methyl sites for hydroxylation is 2. The zero-order valence-corrected chi connectivity index (χ0v) is 13.5. The van der Waals surface area contributed by atoms with Gasteiger partial charge in [-0.25, -0.2) is 4.98 Å². The number of hydrogen-bond acceptors (Lipinski definition) is 4. The number of aromatic amines is 1. The number of nitrogens with one attached hydrogen (secondary N) is 1. The number of nitrogens with two attached hydrogens (primary N) is 1. The van der Waals surface area contributed by atoms with Crippen LogP contribution in [0.4, 0.5) is 5.82 Å². The zero-order valence-electron chi connectivity index (χ0n) is 11.1. The van der Waals surface area contributed by atoms with Gasteiger partial charge in [0, 0.05) is 10.0 Å². The molecule has 3 rings (SSSR count). The van der Waals surface area contributed by atoms with Gasteiger partial charge < -0.3 is 5.73 Å². The SMILES string of the molecule is Cc1nc(C)c(-c2[nH]nc(N)c2-c2ccccc2Br)s1. The van der Waals surface area contributed by atoms with Crippen molar-refractivity contribution in [1.82, 2.24) is 15.2 Å². The molecule has 0 radical (unpaired) electrons. The fraction of sp³-hybridized carbons (Fsp3) is 0.143. The van der Waals surface area contributed by atoms with E-state index >= 15 is 0 Å². The molecule has 2 heterocycles. The van der Waals surface area contributed by atoms with Gasteiger partial charge in [0.1, 0.15) is 0 Å². The average Bonchev–Trinajstić information content (AvgIpc) is 2.93. The van der Waals surface area contributed by atoms with Gasteiger partial charge >= 0.3 is 0 Å². The van der Waals surface area contributed by atoms with Gasteiger partial charge in [0.25, 0.3) is 0 Å². The number of rotatable bonds is 2. The molecule has 6 heteroatoms. The largest absolute Gasteiger partial charge is 0.382 e. The second kappa shape index (κ2) is 5.03. The maximum atomic E-state index is 6.06. The Labute approximate surface area is 129 Å². The summed E-state index contributed by atoms with van der Waals surface area (Å²) in [6, 6.07) is 7.99. The fourth-order valence-corrected chi connectivity index (χ4v) is 3.62. The molecule has 0 spiro atoms. The summed E-state index contributed by atoms with van der Waals surface area (Å²) in [6.07, 6.45) is 0. The van der Waals surface area contributed by atoms with Crippen LogP contribution in [0.25, 0.3) is 21.7 Å². The van der Waals surface area contributed by atoms with Crippen LogP contribution in [-0.2, 0) is 0 Å². The van der Waals surface area contributed by atoms with Crippen LogP contribution in [0.15, 0.2) is 28.7 Å². The summed E-state index contributed by atoms with van der Waals surface area (Å²) in [6.45, 7) is 4.00. The maximum absolute atomic E-state index is 6.06. The van der Waals surface area contributed by atoms with Gasteiger partial charge in [-0.05, 0) is 19.9 Å². The number of halogens is 1. The van der Waals surface area contributed by atoms with Crippen molar-refractivity contribution in [3.63, 3.8) is 0 Å². The Kier molecular flexibility index (Phi) is 3.35. The topological polar surface area (TPSA) is 67.6 Å². The summed E-state index contributed by atoms with van der Waals surface area (Å²) in [5, 5.41) is 8.25. The molecule has 20 heavy (non-hydrogen) atoms. The van der Waals surface area contributed by atoms with Gasteiger partial charge in [-0.1, -0.05) is 34.1 Å². The van der Waals surface area contributed by atoms with Crippen molar-refractivity contribution in [2.75, 3.05) is 5.73 Å². The molecule has 0 saturated heterocycles. The highest BCUT2D eigenvalue weighted by molar-refractivity contribution is 9.10. The lowest BCUT2D eigenvalue weighted by Gasteiger charge is -2.06. The first kappa shape index (κ1) is 13.3. The molecule has 0 bridgehead atoms. The van der Waals surface area contributed by atoms with E-state index in [2.05, 4.69) is 31.1 Å². The van der Waals surface area contributed by atoms with Crippen molar-refractivity contribution in [2.24, 2.45) is 0 Å². The smallest absolute Gasteiger partial charge is 0.153 e. The molecule has 0 aliphatic heterocycles. The molecule has 102 valence electrons. The van der Waals surface area contributed by atoms with Crippen molar-refractivity contribution in [2.45, 2.75) is 13.8 Å². The van der Waals surface area contributed by atoms with Crippen LogP contribution in [0.2, 0.25) is 0 Å². The summed E-state index contributed by atoms with van der Waals surface area (Å²) in [7, 11) is 0. The second-order valence-electron chi connectivity index (χ2n) is 4.49. The second-order valence-corrected chi connectivity index (χ2v) is 6.54. The highest BCUT2D eigenvalue weighted by Gasteiger charge is 2.20. The van der Waals surface area contributed by atoms with E-state index in [9.17, 15) is 0 Å². The molecule has 4 nitrogen and oxygen atoms in total. The molecule has 0 aliphatic carbocycles. The lowest BCUT2D eigenvalue weighted by molar-refractivity contribution is 1.10. The van der Waals surface area contributed by atoms with E-state index in [1.807, 2.05) is 38.1 Å². The fourth-order valence-electron chi connectivity index (χ4n) is 2.22. The average molecular weight is 349 g/mol. The van der Waals surface area contributed by atoms with Crippen molar-refractivity contribution in [3.05, 3.63) is 39.4 Å². The third kappa shape index (κ3) is 2.14. The van der Waals surface area contributed by atoms with Crippen LogP contribution in [0.5, 0.6) is 0 Å². The van der Waals surface area contributed by atoms with Gasteiger partial charge in [0.2, 0.25) is 0 Å². The quantitative estimate of drug-likeness (QED) is 0.730. The van der Waals surface area contributed by atoms with Gasteiger partial charge in [-0.15, -0.1) is 11.3 Å². The van der Waals surface area contributed by atoms with Gasteiger partial charge in [0.05, 0.1) is 26.8 Å². The van der Waals surface area contributed by atoms with Crippen LogP contribution in [0, 0.1) is 13.8 Å². The minimum Gasteiger partial charge on any atom is -0.382 e. The summed E-state index contributed by atoms with van der Waals surface area (Å²) in [5.41, 5.74) is 9.92. The molecule has 0 saturated carbocycles. The van der Waals surface area contributed by atoms with E-state index in [0.29, 0.717) is 5.82 Å². The molecule has 3 aromatic rings. The molecule has 0 aliphatic rings. The first-order valence-electron chi connectivity index (χ1n) is 6.11. The van der Waals surface area contributed by atoms with E-state index in [1.165, 1.54) is 0 Å². The van der Waals surface area contributed by atoms with Crippen molar-refractivity contribution >= 4 is 33.1 Å². The third-order valence-corrected chi connectivity index (χ3v) is 4.85. The molecule has 0 atom stereocenters. The van der Waals surface area contributed by atoms with E-state index in [1.54, 1.807) is 11.3 Å². The summed E-state index contributed by atoms with van der Waals surface area (Å²) >= 11 is 5.22. The van der Waals surface area contributed by atoms with E-state index in [4.69, 9.17) is 5.73 Å². The Balaban J connectivity index is 2.26. The van der Waals surface area contributed by atoms with Crippen LogP contribution < -0.4 is 5.73 Å². The number of thiazole rings is 1. The molecule has 0 unspecified atom stereocenters. The maximum Gasteiger partial charge on any atom is 0.153 e. The number of benzene rings is 1. The normalized spacial score (nSPS) is 10.9. The Hall–Kier alpha value is -1.66. The highest BCUT2D eigenvalue weighted by Crippen LogP contribution is 2.41. The lowest BCUT2D eigenvalue weighted by Crippen LogP contribution is -1.89. The molecule has 3 N–H and O–H groups in total. The van der Waals surface area contributed by atoms with Crippen molar-refractivity contribution in [1.29, 1.82) is 0 Å². The third-order valence-electron chi connectivity index (χ3n) is 3.07. The summed E-state index contributed by atoms with van der Waals surface area (Å²) in [4.78, 5) is 5.55. The molecule has 2 aromatic heterocycles. The van der Waals surface area contributed by atoms with Crippen LogP contribution >= 0.6 is 27.3 Å². The minimum atomic E-state index is 0.498. The standard InChI is InChI=1S/C14H13BrN4S/c1-7-13(20-8(2)17-7)12-11(14(16)19-18-12)9-5-3-4-6-10(9)15/h3-6H,1-2H3,(H3,16,18,19). The molecule has 0 amide bonds. The van der Waals surface area contributed by atoms with E-state index in [-0.39, 0.29) is 0 Å². The molecular formula is C14H13BrN4S. The number of H-pyrrole nitrogens is 1. The monoisotopic (exact) mass is 348 g/mol. The molecule has 0 fully saturated rings. The molecular weight excluding hydrogens is 336 g/mol. The highest BCUT2D eigenvalue weighted by atomic mass is 79.9. The Morgan fingerprint density at radius 2 is 2.00 bits per heavy atom. The van der Waals surface area contributed by atoms with E-state index < -0.39 is 0 Å². The van der Waals surface area contributed by atoms with Gasteiger partial charge in [0.15, 0.2) is 5.82 Å². The Morgan fingerprint density at radius 3 is 2.65 bits per heavy atom. The first-order chi connectivity index (χ1) is 9.58. The number of nitrogens with zero attached hydrogens (tertiary/aromatic N) is 2. The zero-order chi connectivity index (χ0) is 14.3. The minimum absolute atomic E-state index is 0.498. The summed E-state index contributed by atoms with van der Waals surface area (Å²) in [5.74, 6) is 0.498. The molecule has 1 aromatic carbocycles. The Bertz CT molecular complexity index is 775. The predicted molar refractivity (Wildman–Crippen MR) is 86.7 cm³/mol. The van der Waals surface area contributed by atoms with Gasteiger partial charge in [-0.2, -0.15) is 5.10 Å². The van der Waals surface area contributed by atoms with Crippen LogP contribution in [0.3, 0.4) is 0 Å². The van der Waals surface area contributed by atoms with Gasteiger partial charge in [-0.3, -0.25) is 5.10 Å². The number of anilines is 1. The number of aromatic nitrogens is 3. The van der Waals surface area contributed by atoms with Crippen LogP contribution in [-0.4, -0.2) is 15.2 Å². The number of nitrogen functional groups attached to an aromatic ring is 1.